The van der Waals surface area contributed by atoms with Crippen molar-refractivity contribution in [3.05, 3.63) is 88.9 Å². The van der Waals surface area contributed by atoms with Crippen molar-refractivity contribution in [3.8, 4) is 0 Å². The molecule has 2 amide bonds. The summed E-state index contributed by atoms with van der Waals surface area (Å²) in [5.74, 6) is -0.960. The third kappa shape index (κ3) is 8.20. The van der Waals surface area contributed by atoms with E-state index in [1.165, 1.54) is 22.8 Å². The van der Waals surface area contributed by atoms with E-state index in [2.05, 4.69) is 27.1 Å². The van der Waals surface area contributed by atoms with Crippen LogP contribution in [-0.4, -0.2) is 77.2 Å². The minimum atomic E-state index is -0.832. The fourth-order valence-corrected chi connectivity index (χ4v) is 5.94. The van der Waals surface area contributed by atoms with Crippen molar-refractivity contribution in [2.24, 2.45) is 5.73 Å². The van der Waals surface area contributed by atoms with Crippen LogP contribution in [0.3, 0.4) is 0 Å². The number of aliphatic hydroxyl groups is 1. The Balaban J connectivity index is 0.000000233. The molecule has 43 heavy (non-hydrogen) atoms. The summed E-state index contributed by atoms with van der Waals surface area (Å²) in [4.78, 5) is 43.6. The van der Waals surface area contributed by atoms with Gasteiger partial charge in [0.25, 0.3) is 0 Å². The Morgan fingerprint density at radius 3 is 2.70 bits per heavy atom. The number of amides is 2. The number of thioether (sulfide) groups is 1. The number of benzene rings is 1. The molecule has 2 aromatic heterocycles. The largest absolute Gasteiger partial charge is 0.514 e. The molecule has 0 saturated carbocycles. The molecule has 0 bridgehead atoms. The molecule has 0 radical (unpaired) electrons. The van der Waals surface area contributed by atoms with Gasteiger partial charge in [-0.25, -0.2) is 0 Å². The summed E-state index contributed by atoms with van der Waals surface area (Å²) < 4.78 is 11.3. The van der Waals surface area contributed by atoms with E-state index in [9.17, 15) is 14.7 Å². The zero-order chi connectivity index (χ0) is 30.7. The molecule has 3 aliphatic rings. The lowest BCUT2D eigenvalue weighted by atomic mass is 10.1. The summed E-state index contributed by atoms with van der Waals surface area (Å²) in [5, 5.41) is 13.6. The van der Waals surface area contributed by atoms with Crippen LogP contribution in [0.2, 0.25) is 0 Å². The van der Waals surface area contributed by atoms with Gasteiger partial charge in [-0.15, -0.1) is 0 Å². The van der Waals surface area contributed by atoms with Crippen LogP contribution in [0.4, 0.5) is 0 Å². The molecule has 1 aromatic carbocycles. The minimum absolute atomic E-state index is 0.128. The lowest BCUT2D eigenvalue weighted by Crippen LogP contribution is -2.40. The highest BCUT2D eigenvalue weighted by atomic mass is 32.2. The summed E-state index contributed by atoms with van der Waals surface area (Å²) in [6.45, 7) is 2.12. The molecule has 226 valence electrons. The Labute approximate surface area is 253 Å². The lowest BCUT2D eigenvalue weighted by Gasteiger charge is -2.23. The van der Waals surface area contributed by atoms with Crippen LogP contribution < -0.4 is 11.1 Å². The topological polar surface area (TPSA) is 160 Å². The van der Waals surface area contributed by atoms with Crippen LogP contribution >= 0.6 is 11.8 Å². The number of nitrogens with one attached hydrogen (secondary N) is 2. The number of aliphatic hydroxyl groups excluding tert-OH is 1. The molecule has 2 fully saturated rings. The second-order valence-corrected chi connectivity index (χ2v) is 11.0. The first-order chi connectivity index (χ1) is 20.9. The minimum Gasteiger partial charge on any atom is -0.514 e. The van der Waals surface area contributed by atoms with Crippen LogP contribution in [0.25, 0.3) is 17.0 Å². The Kier molecular flexibility index (Phi) is 11.3. The molecule has 3 aliphatic heterocycles. The Hall–Kier alpha value is -4.23. The summed E-state index contributed by atoms with van der Waals surface area (Å²) in [5.41, 5.74) is 8.38. The van der Waals surface area contributed by atoms with E-state index < -0.39 is 11.8 Å². The molecular formula is C31H35N5O6S. The molecule has 5 heterocycles. The number of aldehydes is 1. The second-order valence-electron chi connectivity index (χ2n) is 9.86. The maximum atomic E-state index is 12.9. The number of H-pyrrole nitrogens is 1. The number of likely N-dealkylation sites (tertiary alicyclic amines) is 1. The maximum absolute atomic E-state index is 12.9. The number of nitrogens with two attached hydrogens (primary N) is 1. The van der Waals surface area contributed by atoms with Gasteiger partial charge in [0.2, 0.25) is 12.3 Å². The van der Waals surface area contributed by atoms with Crippen molar-refractivity contribution >= 4 is 47.3 Å². The number of aromatic nitrogens is 2. The quantitative estimate of drug-likeness (QED) is 0.253. The summed E-state index contributed by atoms with van der Waals surface area (Å²) >= 11 is 1.44. The van der Waals surface area contributed by atoms with Crippen molar-refractivity contribution in [3.63, 3.8) is 0 Å². The van der Waals surface area contributed by atoms with Crippen LogP contribution in [0, 0.1) is 0 Å². The molecular weight excluding hydrogens is 570 g/mol. The molecule has 2 saturated heterocycles. The number of hydrogen-bond donors (Lipinski definition) is 4. The number of aromatic amines is 1. The molecule has 5 N–H and O–H groups in total. The monoisotopic (exact) mass is 605 g/mol. The average molecular weight is 606 g/mol. The predicted molar refractivity (Wildman–Crippen MR) is 165 cm³/mol. The molecule has 1 unspecified atom stereocenters. The van der Waals surface area contributed by atoms with Gasteiger partial charge in [-0.3, -0.25) is 14.6 Å². The number of nitrogens with zero attached hydrogens (tertiary/aromatic N) is 2. The van der Waals surface area contributed by atoms with Crippen LogP contribution in [0.1, 0.15) is 23.2 Å². The number of allylic oxidation sites excluding steroid dienone is 3. The highest BCUT2D eigenvalue weighted by molar-refractivity contribution is 8.03. The van der Waals surface area contributed by atoms with E-state index >= 15 is 0 Å². The van der Waals surface area contributed by atoms with Crippen molar-refractivity contribution in [2.45, 2.75) is 36.1 Å². The molecule has 1 atom stereocenters. The standard InChI is InChI=1S/C21H21NO5S.C9H11N3.CH3NO/c23-12-17-11-21(26-7-8-27-21)14-22(17)20(25)10-15-5-6-16-3-1-2-4-18(13-24)28-19(16)9-15;1-10-6-8-4-7-5-11-3-2-9(7)12-8;2-1-3/h1-6,9,12-13,17,24H,7-8,10-11,14H2;2-5,10,12H,6H2,1H3;1H,(H2,2,3)/b3-1-,4-2-,18-13-;;. The van der Waals surface area contributed by atoms with Gasteiger partial charge in [-0.2, -0.15) is 0 Å². The average Bonchev–Trinajstić information content (AvgIpc) is 3.73. The van der Waals surface area contributed by atoms with Gasteiger partial charge < -0.3 is 40.3 Å². The molecule has 12 heteroatoms. The van der Waals surface area contributed by atoms with Gasteiger partial charge in [-0.1, -0.05) is 42.1 Å². The fourth-order valence-electron chi connectivity index (χ4n) is 5.02. The number of carbonyl (C=O) groups excluding carboxylic acids is 3. The van der Waals surface area contributed by atoms with Crippen molar-refractivity contribution < 1.29 is 29.0 Å². The number of rotatable bonds is 5. The van der Waals surface area contributed by atoms with E-state index in [1.54, 1.807) is 11.1 Å². The molecule has 1 spiro atoms. The normalized spacial score (nSPS) is 20.6. The zero-order valence-electron chi connectivity index (χ0n) is 23.8. The second kappa shape index (κ2) is 15.3. The Morgan fingerprint density at radius 2 is 2.00 bits per heavy atom. The molecule has 6 rings (SSSR count). The van der Waals surface area contributed by atoms with Crippen LogP contribution in [0.15, 0.2) is 77.0 Å². The van der Waals surface area contributed by atoms with Crippen LogP contribution in [0.5, 0.6) is 0 Å². The van der Waals surface area contributed by atoms with Gasteiger partial charge in [0.15, 0.2) is 5.79 Å². The number of primary amides is 1. The molecule has 0 aliphatic carbocycles. The number of hydrogen-bond acceptors (Lipinski definition) is 9. The van der Waals surface area contributed by atoms with Crippen molar-refractivity contribution in [1.82, 2.24) is 20.2 Å². The van der Waals surface area contributed by atoms with E-state index in [-0.39, 0.29) is 25.3 Å². The first-order valence-corrected chi connectivity index (χ1v) is 14.5. The van der Waals surface area contributed by atoms with Crippen molar-refractivity contribution in [1.29, 1.82) is 0 Å². The highest BCUT2D eigenvalue weighted by Gasteiger charge is 2.49. The first-order valence-electron chi connectivity index (χ1n) is 13.7. The summed E-state index contributed by atoms with van der Waals surface area (Å²) in [6, 6.07) is 9.39. The van der Waals surface area contributed by atoms with Gasteiger partial charge in [0.1, 0.15) is 6.29 Å². The predicted octanol–water partition coefficient (Wildman–Crippen LogP) is 3.23. The lowest BCUT2D eigenvalue weighted by molar-refractivity contribution is -0.152. The summed E-state index contributed by atoms with van der Waals surface area (Å²) in [6.07, 6.45) is 13.9. The zero-order valence-corrected chi connectivity index (χ0v) is 24.6. The van der Waals surface area contributed by atoms with E-state index in [4.69, 9.17) is 14.3 Å². The molecule has 11 nitrogen and oxygen atoms in total. The Bertz CT molecular complexity index is 1480. The number of ether oxygens (including phenoxy) is 2. The highest BCUT2D eigenvalue weighted by Crippen LogP contribution is 2.36. The van der Waals surface area contributed by atoms with Gasteiger partial charge in [-0.05, 0) is 42.4 Å². The van der Waals surface area contributed by atoms with E-state index in [0.29, 0.717) is 24.5 Å². The number of pyridine rings is 1. The van der Waals surface area contributed by atoms with Crippen LogP contribution in [-0.2, 0) is 36.8 Å². The van der Waals surface area contributed by atoms with E-state index in [1.807, 2.05) is 61.8 Å². The van der Waals surface area contributed by atoms with E-state index in [0.717, 1.165) is 40.6 Å². The van der Waals surface area contributed by atoms with Gasteiger partial charge in [0, 0.05) is 51.8 Å². The number of carbonyl (C=O) groups is 3. The maximum Gasteiger partial charge on any atom is 0.227 e. The van der Waals surface area contributed by atoms with Gasteiger partial charge in [0.05, 0.1) is 38.5 Å². The number of fused-ring (bicyclic) bond motifs is 2. The van der Waals surface area contributed by atoms with Crippen molar-refractivity contribution in [2.75, 3.05) is 26.8 Å². The first kappa shape index (κ1) is 31.7. The Morgan fingerprint density at radius 1 is 1.23 bits per heavy atom. The third-order valence-corrected chi connectivity index (χ3v) is 7.95. The fraction of sp³-hybridized carbons (Fsp3) is 0.290. The SMILES string of the molecule is CNCc1cc2cnccc2[nH]1.NC=O.O=CC1CC2(CN1C(=O)Cc1ccc3c(c1)SC(=C\O)/C=C\C=C/3)OCCO2. The van der Waals surface area contributed by atoms with Gasteiger partial charge >= 0.3 is 0 Å². The summed E-state index contributed by atoms with van der Waals surface area (Å²) in [7, 11) is 1.93. The smallest absolute Gasteiger partial charge is 0.227 e. The molecule has 3 aromatic rings. The third-order valence-electron chi connectivity index (χ3n) is 6.90.